The summed E-state index contributed by atoms with van der Waals surface area (Å²) in [6.45, 7) is 2.05. The van der Waals surface area contributed by atoms with Crippen molar-refractivity contribution in [2.45, 2.75) is 50.5 Å². The number of carbonyl (C=O) groups is 2. The number of nitrogens with zero attached hydrogens (tertiary/aromatic N) is 1. The van der Waals surface area contributed by atoms with Gasteiger partial charge in [0.25, 0.3) is 5.91 Å². The highest BCUT2D eigenvalue weighted by Crippen LogP contribution is 2.34. The molecule has 3 N–H and O–H groups in total. The third-order valence-corrected chi connectivity index (χ3v) is 7.45. The lowest BCUT2D eigenvalue weighted by molar-refractivity contribution is -0.117. The van der Waals surface area contributed by atoms with Gasteiger partial charge in [-0.05, 0) is 80.6 Å². The lowest BCUT2D eigenvalue weighted by Gasteiger charge is -2.31. The highest BCUT2D eigenvalue weighted by molar-refractivity contribution is 6.04. The number of likely N-dealkylation sites (tertiary alicyclic amines) is 1. The summed E-state index contributed by atoms with van der Waals surface area (Å²) in [6, 6.07) is 13.6. The highest BCUT2D eigenvalue weighted by Gasteiger charge is 2.25. The number of piperidine rings is 1. The monoisotopic (exact) mass is 474 g/mol. The molecule has 0 spiro atoms. The second kappa shape index (κ2) is 10.5. The Kier molecular flexibility index (Phi) is 7.04. The van der Waals surface area contributed by atoms with Crippen LogP contribution in [0.1, 0.15) is 60.4 Å². The van der Waals surface area contributed by atoms with Gasteiger partial charge in [-0.1, -0.05) is 25.0 Å². The van der Waals surface area contributed by atoms with E-state index in [0.717, 1.165) is 62.9 Å². The van der Waals surface area contributed by atoms with Gasteiger partial charge in [0.2, 0.25) is 5.91 Å². The summed E-state index contributed by atoms with van der Waals surface area (Å²) in [5, 5.41) is 7.31. The molecule has 0 radical (unpaired) electrons. The third kappa shape index (κ3) is 5.35. The van der Waals surface area contributed by atoms with Crippen molar-refractivity contribution in [3.05, 3.63) is 59.8 Å². The van der Waals surface area contributed by atoms with Crippen LogP contribution in [0.5, 0.6) is 5.75 Å². The minimum absolute atomic E-state index is 0.0820. The van der Waals surface area contributed by atoms with Gasteiger partial charge < -0.3 is 20.4 Å². The number of nitrogens with one attached hydrogen (secondary N) is 3. The molecule has 5 rings (SSSR count). The molecule has 2 aromatic carbocycles. The van der Waals surface area contributed by atoms with Gasteiger partial charge in [-0.15, -0.1) is 0 Å². The first-order valence-corrected chi connectivity index (χ1v) is 12.7. The topological polar surface area (TPSA) is 86.5 Å². The Bertz CT molecular complexity index is 1190. The molecule has 1 aromatic heterocycles. The zero-order valence-corrected chi connectivity index (χ0v) is 20.3. The molecule has 2 amide bonds. The van der Waals surface area contributed by atoms with Gasteiger partial charge in [-0.25, -0.2) is 0 Å². The Morgan fingerprint density at radius 3 is 2.60 bits per heavy atom. The van der Waals surface area contributed by atoms with Crippen molar-refractivity contribution in [3.8, 4) is 5.75 Å². The number of anilines is 1. The Labute approximate surface area is 206 Å². The van der Waals surface area contributed by atoms with Crippen LogP contribution in [0, 0.1) is 0 Å². The van der Waals surface area contributed by atoms with Gasteiger partial charge in [0.05, 0.1) is 24.9 Å². The SMILES string of the molecule is COc1ccc2[nH]cc(C3CCN(CC(=O)Nc4ccccc4C(=O)NC4CCCC4)CC3)c2c1. The fourth-order valence-corrected chi connectivity index (χ4v) is 5.50. The molecule has 0 atom stereocenters. The van der Waals surface area contributed by atoms with Crippen LogP contribution in [0.3, 0.4) is 0 Å². The van der Waals surface area contributed by atoms with Crippen LogP contribution in [0.15, 0.2) is 48.7 Å². The number of aromatic nitrogens is 1. The van der Waals surface area contributed by atoms with Crippen LogP contribution >= 0.6 is 0 Å². The Morgan fingerprint density at radius 2 is 1.83 bits per heavy atom. The fourth-order valence-electron chi connectivity index (χ4n) is 5.50. The Balaban J connectivity index is 1.16. The molecule has 2 fully saturated rings. The molecule has 1 saturated carbocycles. The van der Waals surface area contributed by atoms with Gasteiger partial charge in [-0.2, -0.15) is 0 Å². The summed E-state index contributed by atoms with van der Waals surface area (Å²) in [5.41, 5.74) is 3.56. The van der Waals surface area contributed by atoms with Crippen molar-refractivity contribution < 1.29 is 14.3 Å². The number of carbonyl (C=O) groups excluding carboxylic acids is 2. The number of ether oxygens (including phenoxy) is 1. The molecule has 1 aliphatic carbocycles. The van der Waals surface area contributed by atoms with Gasteiger partial charge in [0, 0.05) is 23.1 Å². The first kappa shape index (κ1) is 23.4. The molecule has 184 valence electrons. The standard InChI is InChI=1S/C28H34N4O3/c1-35-21-10-11-25-23(16-21)24(17-29-25)19-12-14-32(15-13-19)18-27(33)31-26-9-5-4-8-22(26)28(34)30-20-6-2-3-7-20/h4-5,8-11,16-17,19-20,29H,2-3,6-7,12-15,18H2,1H3,(H,30,34)(H,31,33). The highest BCUT2D eigenvalue weighted by atomic mass is 16.5. The number of amides is 2. The number of H-pyrrole nitrogens is 1. The van der Waals surface area contributed by atoms with Crippen molar-refractivity contribution in [2.24, 2.45) is 0 Å². The van der Waals surface area contributed by atoms with Crippen LogP contribution < -0.4 is 15.4 Å². The number of fused-ring (bicyclic) bond motifs is 1. The van der Waals surface area contributed by atoms with E-state index in [4.69, 9.17) is 4.74 Å². The molecule has 0 unspecified atom stereocenters. The van der Waals surface area contributed by atoms with Crippen LogP contribution in [0.4, 0.5) is 5.69 Å². The number of hydrogen-bond acceptors (Lipinski definition) is 4. The molecular weight excluding hydrogens is 440 g/mol. The van der Waals surface area contributed by atoms with Crippen molar-refractivity contribution in [1.29, 1.82) is 0 Å². The molecular formula is C28H34N4O3. The van der Waals surface area contributed by atoms with Gasteiger partial charge in [0.1, 0.15) is 5.75 Å². The number of para-hydroxylation sites is 1. The largest absolute Gasteiger partial charge is 0.497 e. The first-order chi connectivity index (χ1) is 17.1. The molecule has 3 aromatic rings. The summed E-state index contributed by atoms with van der Waals surface area (Å²) in [5.74, 6) is 1.13. The van der Waals surface area contributed by atoms with Crippen LogP contribution in [-0.2, 0) is 4.79 Å². The minimum Gasteiger partial charge on any atom is -0.497 e. The number of rotatable bonds is 7. The van der Waals surface area contributed by atoms with Gasteiger partial charge in [-0.3, -0.25) is 14.5 Å². The summed E-state index contributed by atoms with van der Waals surface area (Å²) in [4.78, 5) is 31.2. The summed E-state index contributed by atoms with van der Waals surface area (Å²) in [7, 11) is 1.69. The van der Waals surface area contributed by atoms with Crippen LogP contribution in [-0.4, -0.2) is 54.5 Å². The van der Waals surface area contributed by atoms with Crippen molar-refractivity contribution in [3.63, 3.8) is 0 Å². The third-order valence-electron chi connectivity index (χ3n) is 7.45. The van der Waals surface area contributed by atoms with E-state index in [1.54, 1.807) is 19.2 Å². The van der Waals surface area contributed by atoms with E-state index in [2.05, 4.69) is 38.8 Å². The minimum atomic E-state index is -0.107. The molecule has 1 saturated heterocycles. The maximum absolute atomic E-state index is 12.9. The zero-order chi connectivity index (χ0) is 24.2. The van der Waals surface area contributed by atoms with Gasteiger partial charge >= 0.3 is 0 Å². The zero-order valence-electron chi connectivity index (χ0n) is 20.3. The molecule has 7 heteroatoms. The van der Waals surface area contributed by atoms with Crippen LogP contribution in [0.25, 0.3) is 10.9 Å². The molecule has 35 heavy (non-hydrogen) atoms. The lowest BCUT2D eigenvalue weighted by Crippen LogP contribution is -2.39. The van der Waals surface area contributed by atoms with Crippen LogP contribution in [0.2, 0.25) is 0 Å². The van der Waals surface area contributed by atoms with E-state index in [0.29, 0.717) is 23.7 Å². The molecule has 7 nitrogen and oxygen atoms in total. The maximum atomic E-state index is 12.9. The first-order valence-electron chi connectivity index (χ1n) is 12.7. The van der Waals surface area contributed by atoms with Crippen molar-refractivity contribution in [1.82, 2.24) is 15.2 Å². The average Bonchev–Trinajstić information content (AvgIpc) is 3.54. The summed E-state index contributed by atoms with van der Waals surface area (Å²) >= 11 is 0. The van der Waals surface area contributed by atoms with E-state index in [1.807, 2.05) is 18.2 Å². The number of aromatic amines is 1. The lowest BCUT2D eigenvalue weighted by atomic mass is 9.89. The Hall–Kier alpha value is -3.32. The predicted octanol–water partition coefficient (Wildman–Crippen LogP) is 4.67. The summed E-state index contributed by atoms with van der Waals surface area (Å²) < 4.78 is 5.41. The molecule has 1 aliphatic heterocycles. The predicted molar refractivity (Wildman–Crippen MR) is 138 cm³/mol. The van der Waals surface area contributed by atoms with Gasteiger partial charge in [0.15, 0.2) is 0 Å². The molecule has 0 bridgehead atoms. The fraction of sp³-hybridized carbons (Fsp3) is 0.429. The average molecular weight is 475 g/mol. The van der Waals surface area contributed by atoms with Crippen molar-refractivity contribution in [2.75, 3.05) is 32.1 Å². The van der Waals surface area contributed by atoms with E-state index in [1.165, 1.54) is 10.9 Å². The molecule has 2 aliphatic rings. The van der Waals surface area contributed by atoms with Crippen molar-refractivity contribution >= 4 is 28.4 Å². The maximum Gasteiger partial charge on any atom is 0.253 e. The smallest absolute Gasteiger partial charge is 0.253 e. The second-order valence-corrected chi connectivity index (χ2v) is 9.75. The van der Waals surface area contributed by atoms with E-state index in [9.17, 15) is 9.59 Å². The normalized spacial score (nSPS) is 17.5. The summed E-state index contributed by atoms with van der Waals surface area (Å²) in [6.07, 6.45) is 8.49. The van der Waals surface area contributed by atoms with E-state index in [-0.39, 0.29) is 17.9 Å². The number of benzene rings is 2. The Morgan fingerprint density at radius 1 is 1.06 bits per heavy atom. The van der Waals surface area contributed by atoms with E-state index >= 15 is 0 Å². The quantitative estimate of drug-likeness (QED) is 0.465. The molecule has 2 heterocycles. The number of methoxy groups -OCH3 is 1. The number of hydrogen-bond donors (Lipinski definition) is 3. The second-order valence-electron chi connectivity index (χ2n) is 9.75. The van der Waals surface area contributed by atoms with E-state index < -0.39 is 0 Å².